The first-order chi connectivity index (χ1) is 4.70. The Morgan fingerprint density at radius 2 is 2.20 bits per heavy atom. The average Bonchev–Trinajstić information content (AvgIpc) is 1.88. The van der Waals surface area contributed by atoms with Crippen LogP contribution in [-0.2, 0) is 9.63 Å². The van der Waals surface area contributed by atoms with E-state index < -0.39 is 11.9 Å². The summed E-state index contributed by atoms with van der Waals surface area (Å²) < 4.78 is 0. The van der Waals surface area contributed by atoms with Crippen LogP contribution in [0.15, 0.2) is 0 Å². The monoisotopic (exact) mass is 166 g/mol. The van der Waals surface area contributed by atoms with E-state index in [2.05, 4.69) is 4.84 Å². The van der Waals surface area contributed by atoms with Gasteiger partial charge in [0.05, 0.1) is 7.11 Å². The van der Waals surface area contributed by atoms with E-state index in [4.69, 9.17) is 11.6 Å². The summed E-state index contributed by atoms with van der Waals surface area (Å²) in [6.45, 7) is 0. The number of hydroxylamine groups is 1. The highest BCUT2D eigenvalue weighted by Crippen LogP contribution is 1.73. The highest BCUT2D eigenvalue weighted by Gasteiger charge is 2.03. The van der Waals surface area contributed by atoms with Gasteiger partial charge in [-0.05, 0) is 0 Å². The van der Waals surface area contributed by atoms with Crippen LogP contribution in [0.1, 0.15) is 0 Å². The summed E-state index contributed by atoms with van der Waals surface area (Å²) in [6.07, 6.45) is 0. The Bertz CT molecular complexity index is 138. The van der Waals surface area contributed by atoms with Crippen LogP contribution >= 0.6 is 11.6 Å². The Kier molecular flexibility index (Phi) is 4.61. The first-order valence-corrected chi connectivity index (χ1v) is 2.93. The lowest BCUT2D eigenvalue weighted by atomic mass is 10.7. The molecule has 0 aliphatic heterocycles. The van der Waals surface area contributed by atoms with Gasteiger partial charge in [0, 0.05) is 0 Å². The summed E-state index contributed by atoms with van der Waals surface area (Å²) in [6, 6.07) is -0.729. The lowest BCUT2D eigenvalue weighted by Gasteiger charge is -2.00. The maximum Gasteiger partial charge on any atom is 0.345 e. The highest BCUT2D eigenvalue weighted by atomic mass is 35.5. The van der Waals surface area contributed by atoms with Crippen LogP contribution in [0.4, 0.5) is 4.79 Å². The summed E-state index contributed by atoms with van der Waals surface area (Å²) in [5.74, 6) is -0.826. The Balaban J connectivity index is 3.47. The number of hydrogen-bond donors (Lipinski definition) is 2. The van der Waals surface area contributed by atoms with E-state index in [0.29, 0.717) is 0 Å². The maximum absolute atomic E-state index is 10.4. The van der Waals surface area contributed by atoms with Gasteiger partial charge in [0.1, 0.15) is 5.88 Å². The smallest absolute Gasteiger partial charge is 0.276 e. The van der Waals surface area contributed by atoms with Gasteiger partial charge in [-0.25, -0.2) is 10.3 Å². The van der Waals surface area contributed by atoms with Crippen molar-refractivity contribution in [1.82, 2.24) is 10.8 Å². The third kappa shape index (κ3) is 4.11. The molecule has 0 aliphatic rings. The fraction of sp³-hybridized carbons (Fsp3) is 0.500. The second-order valence-corrected chi connectivity index (χ2v) is 1.58. The third-order valence-electron chi connectivity index (χ3n) is 0.569. The van der Waals surface area contributed by atoms with Gasteiger partial charge in [-0.3, -0.25) is 14.9 Å². The minimum atomic E-state index is -0.729. The Labute approximate surface area is 62.6 Å². The lowest BCUT2D eigenvalue weighted by molar-refractivity contribution is -0.117. The van der Waals surface area contributed by atoms with E-state index in [1.807, 2.05) is 10.8 Å². The van der Waals surface area contributed by atoms with Crippen molar-refractivity contribution in [3.8, 4) is 0 Å². The molecule has 0 aromatic carbocycles. The van der Waals surface area contributed by atoms with E-state index in [1.54, 1.807) is 0 Å². The van der Waals surface area contributed by atoms with Gasteiger partial charge < -0.3 is 0 Å². The van der Waals surface area contributed by atoms with Crippen LogP contribution in [0.25, 0.3) is 0 Å². The Morgan fingerprint density at radius 1 is 1.60 bits per heavy atom. The highest BCUT2D eigenvalue weighted by molar-refractivity contribution is 6.28. The summed E-state index contributed by atoms with van der Waals surface area (Å²) in [5.41, 5.74) is 1.88. The molecule has 6 heteroatoms. The van der Waals surface area contributed by atoms with Gasteiger partial charge in [-0.1, -0.05) is 0 Å². The molecule has 0 unspecified atom stereocenters. The van der Waals surface area contributed by atoms with E-state index in [0.717, 1.165) is 0 Å². The fourth-order valence-electron chi connectivity index (χ4n) is 0.278. The van der Waals surface area contributed by atoms with Crippen LogP contribution in [0, 0.1) is 0 Å². The van der Waals surface area contributed by atoms with Gasteiger partial charge in [-0.2, -0.15) is 0 Å². The third-order valence-corrected chi connectivity index (χ3v) is 0.812. The van der Waals surface area contributed by atoms with Crippen LogP contribution < -0.4 is 10.8 Å². The summed E-state index contributed by atoms with van der Waals surface area (Å²) in [7, 11) is 1.25. The van der Waals surface area contributed by atoms with Crippen molar-refractivity contribution in [2.75, 3.05) is 13.0 Å². The molecular formula is C4H7ClN2O3. The zero-order valence-electron chi connectivity index (χ0n) is 5.31. The van der Waals surface area contributed by atoms with Crippen LogP contribution in [0.2, 0.25) is 0 Å². The van der Waals surface area contributed by atoms with E-state index in [9.17, 15) is 9.59 Å². The standard InChI is InChI=1S/C4H7ClN2O3/c1-10-7-4(9)6-3(8)2-5/h2H2,1H3,(H2,6,7,8,9). The summed E-state index contributed by atoms with van der Waals surface area (Å²) >= 11 is 5.06. The molecule has 0 bridgehead atoms. The van der Waals surface area contributed by atoms with Gasteiger partial charge in [0.15, 0.2) is 0 Å². The molecule has 10 heavy (non-hydrogen) atoms. The molecule has 0 spiro atoms. The lowest BCUT2D eigenvalue weighted by Crippen LogP contribution is -2.39. The molecule has 0 aromatic rings. The van der Waals surface area contributed by atoms with Crippen LogP contribution in [-0.4, -0.2) is 24.9 Å². The van der Waals surface area contributed by atoms with E-state index in [1.165, 1.54) is 7.11 Å². The Morgan fingerprint density at radius 3 is 2.60 bits per heavy atom. The van der Waals surface area contributed by atoms with Gasteiger partial charge in [0.2, 0.25) is 5.91 Å². The number of nitrogens with one attached hydrogen (secondary N) is 2. The largest absolute Gasteiger partial charge is 0.345 e. The number of hydrogen-bond acceptors (Lipinski definition) is 3. The van der Waals surface area contributed by atoms with Crippen LogP contribution in [0.3, 0.4) is 0 Å². The molecule has 0 rings (SSSR count). The molecule has 0 aliphatic carbocycles. The van der Waals surface area contributed by atoms with Crippen molar-refractivity contribution < 1.29 is 14.4 Å². The number of amides is 3. The predicted octanol–water partition coefficient (Wildman–Crippen LogP) is -0.388. The maximum atomic E-state index is 10.4. The van der Waals surface area contributed by atoms with E-state index >= 15 is 0 Å². The number of urea groups is 1. The minimum absolute atomic E-state index is 0.253. The first kappa shape index (κ1) is 9.19. The average molecular weight is 167 g/mol. The van der Waals surface area contributed by atoms with E-state index in [-0.39, 0.29) is 5.88 Å². The molecule has 0 atom stereocenters. The molecule has 0 saturated carbocycles. The first-order valence-electron chi connectivity index (χ1n) is 2.39. The predicted molar refractivity (Wildman–Crippen MR) is 34.4 cm³/mol. The second-order valence-electron chi connectivity index (χ2n) is 1.32. The molecule has 5 nitrogen and oxygen atoms in total. The van der Waals surface area contributed by atoms with Crippen molar-refractivity contribution in [2.45, 2.75) is 0 Å². The second kappa shape index (κ2) is 5.01. The van der Waals surface area contributed by atoms with Crippen molar-refractivity contribution in [3.63, 3.8) is 0 Å². The van der Waals surface area contributed by atoms with Gasteiger partial charge in [-0.15, -0.1) is 11.6 Å². The number of carbonyl (C=O) groups excluding carboxylic acids is 2. The molecule has 0 radical (unpaired) electrons. The number of imide groups is 1. The van der Waals surface area contributed by atoms with Crippen molar-refractivity contribution in [2.24, 2.45) is 0 Å². The minimum Gasteiger partial charge on any atom is -0.276 e. The van der Waals surface area contributed by atoms with Gasteiger partial charge in [0.25, 0.3) is 0 Å². The summed E-state index contributed by atoms with van der Waals surface area (Å²) in [5, 5.41) is 1.88. The topological polar surface area (TPSA) is 67.4 Å². The number of halogens is 1. The zero-order valence-corrected chi connectivity index (χ0v) is 6.07. The molecule has 0 fully saturated rings. The van der Waals surface area contributed by atoms with Crippen molar-refractivity contribution in [1.29, 1.82) is 0 Å². The molecule has 3 amide bonds. The molecule has 58 valence electrons. The fourth-order valence-corrected chi connectivity index (χ4v) is 0.345. The van der Waals surface area contributed by atoms with Gasteiger partial charge >= 0.3 is 6.03 Å². The molecule has 2 N–H and O–H groups in total. The molecule has 0 heterocycles. The quantitative estimate of drug-likeness (QED) is 0.434. The number of carbonyl (C=O) groups is 2. The molecular weight excluding hydrogens is 160 g/mol. The summed E-state index contributed by atoms with van der Waals surface area (Å²) in [4.78, 5) is 24.9. The normalized spacial score (nSPS) is 8.60. The SMILES string of the molecule is CONC(=O)NC(=O)CCl. The Hall–Kier alpha value is -0.810. The number of rotatable bonds is 2. The zero-order chi connectivity index (χ0) is 7.98. The molecule has 0 aromatic heterocycles. The molecule has 0 saturated heterocycles. The van der Waals surface area contributed by atoms with Crippen LogP contribution in [0.5, 0.6) is 0 Å². The number of alkyl halides is 1. The van der Waals surface area contributed by atoms with Crippen molar-refractivity contribution >= 4 is 23.5 Å². The van der Waals surface area contributed by atoms with Crippen molar-refractivity contribution in [3.05, 3.63) is 0 Å².